The third kappa shape index (κ3) is 5.77. The molecule has 3 heterocycles. The molecule has 12 aromatic rings. The quantitative estimate of drug-likeness (QED) is 0.169. The van der Waals surface area contributed by atoms with E-state index in [-0.39, 0.29) is 0 Å². The number of para-hydroxylation sites is 4. The van der Waals surface area contributed by atoms with Crippen LogP contribution in [0.1, 0.15) is 0 Å². The number of hydrogen-bond acceptors (Lipinski definition) is 4. The molecule has 0 amide bonds. The number of fused-ring (bicyclic) bond motifs is 7. The predicted molar refractivity (Wildman–Crippen MR) is 247 cm³/mol. The summed E-state index contributed by atoms with van der Waals surface area (Å²) in [5, 5.41) is 6.81. The van der Waals surface area contributed by atoms with Crippen LogP contribution in [0.2, 0.25) is 0 Å². The lowest BCUT2D eigenvalue weighted by Gasteiger charge is -2.14. The zero-order valence-corrected chi connectivity index (χ0v) is 32.3. The van der Waals surface area contributed by atoms with Gasteiger partial charge in [-0.15, -0.1) is 0 Å². The van der Waals surface area contributed by atoms with Gasteiger partial charge >= 0.3 is 0 Å². The van der Waals surface area contributed by atoms with Gasteiger partial charge in [0.25, 0.3) is 0 Å². The van der Waals surface area contributed by atoms with Crippen molar-refractivity contribution in [2.45, 2.75) is 0 Å². The summed E-state index contributed by atoms with van der Waals surface area (Å²) < 4.78 is 13.2. The SMILES string of the molecule is c1ccc(-c2nc(-c3ccc(-c4ccc5ccccc5c4)cc3)cc(-c3cc(-c4cccc5c4oc4ccccc45)cc(-c4cccc5c4oc4ccccc45)c3)n2)cc1. The molecule has 4 nitrogen and oxygen atoms in total. The molecule has 0 fully saturated rings. The van der Waals surface area contributed by atoms with Crippen LogP contribution >= 0.6 is 0 Å². The van der Waals surface area contributed by atoms with E-state index in [4.69, 9.17) is 18.8 Å². The zero-order chi connectivity index (χ0) is 39.6. The minimum atomic E-state index is 0.660. The van der Waals surface area contributed by atoms with E-state index in [2.05, 4.69) is 164 Å². The van der Waals surface area contributed by atoms with E-state index >= 15 is 0 Å². The third-order valence-corrected chi connectivity index (χ3v) is 11.7. The van der Waals surface area contributed by atoms with Crippen LogP contribution in [0.5, 0.6) is 0 Å². The van der Waals surface area contributed by atoms with Gasteiger partial charge in [-0.1, -0.05) is 164 Å². The molecule has 0 aliphatic carbocycles. The maximum atomic E-state index is 6.61. The smallest absolute Gasteiger partial charge is 0.160 e. The van der Waals surface area contributed by atoms with Crippen LogP contribution in [0.3, 0.4) is 0 Å². The van der Waals surface area contributed by atoms with Crippen molar-refractivity contribution in [1.29, 1.82) is 0 Å². The van der Waals surface area contributed by atoms with Gasteiger partial charge in [-0.25, -0.2) is 9.97 Å². The number of rotatable bonds is 6. The molecule has 3 aromatic heterocycles. The van der Waals surface area contributed by atoms with Crippen molar-refractivity contribution < 1.29 is 8.83 Å². The Morgan fingerprint density at radius 3 is 1.43 bits per heavy atom. The Labute approximate surface area is 345 Å². The van der Waals surface area contributed by atoms with Crippen molar-refractivity contribution >= 4 is 54.6 Å². The van der Waals surface area contributed by atoms with Gasteiger partial charge in [0.2, 0.25) is 0 Å². The second-order valence-electron chi connectivity index (χ2n) is 15.3. The first-order valence-electron chi connectivity index (χ1n) is 20.2. The van der Waals surface area contributed by atoms with Crippen LogP contribution in [0.4, 0.5) is 0 Å². The summed E-state index contributed by atoms with van der Waals surface area (Å²) in [6.07, 6.45) is 0. The second kappa shape index (κ2) is 13.8. The molecule has 0 bridgehead atoms. The Hall–Kier alpha value is -8.08. The first-order valence-corrected chi connectivity index (χ1v) is 20.2. The normalized spacial score (nSPS) is 11.7. The molecule has 0 saturated heterocycles. The van der Waals surface area contributed by atoms with Crippen LogP contribution in [-0.4, -0.2) is 9.97 Å². The fraction of sp³-hybridized carbons (Fsp3) is 0. The molecule has 0 aliphatic heterocycles. The van der Waals surface area contributed by atoms with E-state index in [0.29, 0.717) is 5.82 Å². The van der Waals surface area contributed by atoms with E-state index in [0.717, 1.165) is 99.8 Å². The van der Waals surface area contributed by atoms with Gasteiger partial charge in [0.1, 0.15) is 22.3 Å². The molecule has 9 aromatic carbocycles. The van der Waals surface area contributed by atoms with Crippen LogP contribution in [0.25, 0.3) is 122 Å². The van der Waals surface area contributed by atoms with E-state index in [9.17, 15) is 0 Å². The van der Waals surface area contributed by atoms with Crippen molar-refractivity contribution in [3.8, 4) is 67.3 Å². The predicted octanol–water partition coefficient (Wildman–Crippen LogP) is 15.4. The van der Waals surface area contributed by atoms with Gasteiger partial charge in [0.15, 0.2) is 5.82 Å². The molecule has 280 valence electrons. The molecule has 12 rings (SSSR count). The highest BCUT2D eigenvalue weighted by Crippen LogP contribution is 2.42. The largest absolute Gasteiger partial charge is 0.455 e. The number of aromatic nitrogens is 2. The Bertz CT molecular complexity index is 3470. The van der Waals surface area contributed by atoms with Gasteiger partial charge in [-0.3, -0.25) is 0 Å². The van der Waals surface area contributed by atoms with Crippen LogP contribution < -0.4 is 0 Å². The van der Waals surface area contributed by atoms with Gasteiger partial charge < -0.3 is 8.83 Å². The highest BCUT2D eigenvalue weighted by Gasteiger charge is 2.19. The molecule has 0 atom stereocenters. The second-order valence-corrected chi connectivity index (χ2v) is 15.3. The summed E-state index contributed by atoms with van der Waals surface area (Å²) in [7, 11) is 0. The highest BCUT2D eigenvalue weighted by atomic mass is 16.3. The molecule has 4 heteroatoms. The van der Waals surface area contributed by atoms with E-state index < -0.39 is 0 Å². The lowest BCUT2D eigenvalue weighted by molar-refractivity contribution is 0.670. The van der Waals surface area contributed by atoms with E-state index in [1.165, 1.54) is 16.3 Å². The average molecular weight is 767 g/mol. The monoisotopic (exact) mass is 766 g/mol. The fourth-order valence-corrected chi connectivity index (χ4v) is 8.70. The van der Waals surface area contributed by atoms with Crippen molar-refractivity contribution in [3.05, 3.63) is 206 Å². The third-order valence-electron chi connectivity index (χ3n) is 11.7. The fourth-order valence-electron chi connectivity index (χ4n) is 8.70. The topological polar surface area (TPSA) is 52.1 Å². The van der Waals surface area contributed by atoms with Crippen LogP contribution in [0, 0.1) is 0 Å². The summed E-state index contributed by atoms with van der Waals surface area (Å²) in [6, 6.07) is 72.1. The molecular formula is C56H34N2O2. The Kier molecular flexibility index (Phi) is 7.82. The van der Waals surface area contributed by atoms with Crippen molar-refractivity contribution in [1.82, 2.24) is 9.97 Å². The molecule has 0 unspecified atom stereocenters. The van der Waals surface area contributed by atoms with Gasteiger partial charge in [-0.2, -0.15) is 0 Å². The number of benzene rings is 9. The zero-order valence-electron chi connectivity index (χ0n) is 32.3. The van der Waals surface area contributed by atoms with Crippen molar-refractivity contribution in [2.24, 2.45) is 0 Å². The Balaban J connectivity index is 1.06. The number of nitrogens with zero attached hydrogens (tertiary/aromatic N) is 2. The molecule has 0 radical (unpaired) electrons. The van der Waals surface area contributed by atoms with Gasteiger partial charge in [-0.05, 0) is 75.5 Å². The van der Waals surface area contributed by atoms with Gasteiger partial charge in [0, 0.05) is 49.4 Å². The van der Waals surface area contributed by atoms with Crippen molar-refractivity contribution in [2.75, 3.05) is 0 Å². The average Bonchev–Trinajstić information content (AvgIpc) is 3.90. The lowest BCUT2D eigenvalue weighted by atomic mass is 9.93. The standard InChI is InChI=1S/C56H34N2O2/c1-2-13-38(14-3-1)56-57-50(37-27-24-36(25-28-37)40-29-26-35-12-4-5-15-39(35)30-40)34-51(58-56)43-32-41(44-18-10-20-48-46-16-6-8-22-52(46)59-54(44)48)31-42(33-43)45-19-11-21-49-47-17-7-9-23-53(47)60-55(45)49/h1-34H. The molecule has 0 aliphatic rings. The number of furan rings is 2. The first kappa shape index (κ1) is 34.0. The Morgan fingerprint density at radius 1 is 0.283 bits per heavy atom. The Morgan fingerprint density at radius 2 is 0.783 bits per heavy atom. The van der Waals surface area contributed by atoms with Crippen LogP contribution in [-0.2, 0) is 0 Å². The molecule has 0 spiro atoms. The lowest BCUT2D eigenvalue weighted by Crippen LogP contribution is -1.96. The minimum Gasteiger partial charge on any atom is -0.455 e. The van der Waals surface area contributed by atoms with E-state index in [1.54, 1.807) is 0 Å². The van der Waals surface area contributed by atoms with E-state index in [1.807, 2.05) is 42.5 Å². The summed E-state index contributed by atoms with van der Waals surface area (Å²) >= 11 is 0. The summed E-state index contributed by atoms with van der Waals surface area (Å²) in [4.78, 5) is 10.5. The van der Waals surface area contributed by atoms with Crippen LogP contribution in [0.15, 0.2) is 215 Å². The first-order chi connectivity index (χ1) is 29.7. The van der Waals surface area contributed by atoms with Gasteiger partial charge in [0.05, 0.1) is 11.4 Å². The molecule has 60 heavy (non-hydrogen) atoms. The summed E-state index contributed by atoms with van der Waals surface area (Å²) in [6.45, 7) is 0. The minimum absolute atomic E-state index is 0.660. The summed E-state index contributed by atoms with van der Waals surface area (Å²) in [5.74, 6) is 0.660. The molecular weight excluding hydrogens is 733 g/mol. The molecule has 0 saturated carbocycles. The summed E-state index contributed by atoms with van der Waals surface area (Å²) in [5.41, 5.74) is 14.4. The maximum absolute atomic E-state index is 6.61. The number of hydrogen-bond donors (Lipinski definition) is 0. The highest BCUT2D eigenvalue weighted by molar-refractivity contribution is 6.11. The maximum Gasteiger partial charge on any atom is 0.160 e. The van der Waals surface area contributed by atoms with Crippen molar-refractivity contribution in [3.63, 3.8) is 0 Å². The molecule has 0 N–H and O–H groups in total.